The first kappa shape index (κ1) is 27.4. The molecule has 7 aromatic rings. The van der Waals surface area contributed by atoms with Crippen LogP contribution in [0.2, 0.25) is 24.2 Å². The van der Waals surface area contributed by atoms with Gasteiger partial charge in [0, 0.05) is 17.8 Å². The molecule has 48 heavy (non-hydrogen) atoms. The number of benzene rings is 6. The molecule has 0 radical (unpaired) electrons. The molecule has 2 spiro atoms. The Balaban J connectivity index is 1.16. The van der Waals surface area contributed by atoms with E-state index in [1.165, 1.54) is 116 Å². The standard InChI is InChI=1S/C45H37NSi2/c1-2-14-35-34(13-1)44(30-17-19-42-37(27-30)32-11-3-5-15-40(32)47(42)23-7-8-24-47)36-21-22-46-29-39(36)45(35)31-18-20-43-38(28-31)33-12-4-6-16-41(33)48(43)25-9-10-26-48/h1-6,11-22,27-29H,7-10,23-26H2. The number of pyridine rings is 1. The van der Waals surface area contributed by atoms with Gasteiger partial charge in [0.1, 0.15) is 16.1 Å². The van der Waals surface area contributed by atoms with Gasteiger partial charge in [0.05, 0.1) is 0 Å². The lowest BCUT2D eigenvalue weighted by atomic mass is 9.85. The van der Waals surface area contributed by atoms with Gasteiger partial charge in [-0.1, -0.05) is 123 Å². The molecule has 11 rings (SSSR count). The molecule has 0 N–H and O–H groups in total. The summed E-state index contributed by atoms with van der Waals surface area (Å²) in [5.41, 5.74) is 11.3. The Morgan fingerprint density at radius 3 is 1.38 bits per heavy atom. The highest BCUT2D eigenvalue weighted by molar-refractivity contribution is 7.06. The Kier molecular flexibility index (Phi) is 5.69. The molecule has 0 amide bonds. The predicted octanol–water partition coefficient (Wildman–Crippen LogP) is 9.40. The molecule has 0 saturated carbocycles. The van der Waals surface area contributed by atoms with Gasteiger partial charge in [0.2, 0.25) is 0 Å². The van der Waals surface area contributed by atoms with Crippen molar-refractivity contribution in [3.8, 4) is 44.5 Å². The lowest BCUT2D eigenvalue weighted by Crippen LogP contribution is -2.52. The molecule has 0 aliphatic carbocycles. The first-order valence-electron chi connectivity index (χ1n) is 18.0. The van der Waals surface area contributed by atoms with Crippen LogP contribution in [0.25, 0.3) is 66.1 Å². The van der Waals surface area contributed by atoms with E-state index in [2.05, 4.69) is 121 Å². The second kappa shape index (κ2) is 9.98. The lowest BCUT2D eigenvalue weighted by Gasteiger charge is -2.24. The third kappa shape index (κ3) is 3.48. The van der Waals surface area contributed by atoms with Gasteiger partial charge in [-0.05, 0) is 124 Å². The lowest BCUT2D eigenvalue weighted by molar-refractivity contribution is 0.935. The van der Waals surface area contributed by atoms with Gasteiger partial charge < -0.3 is 0 Å². The van der Waals surface area contributed by atoms with Gasteiger partial charge >= 0.3 is 0 Å². The Hall–Kier alpha value is -4.58. The fourth-order valence-corrected chi connectivity index (χ4v) is 22.1. The van der Waals surface area contributed by atoms with Crippen molar-refractivity contribution >= 4 is 58.4 Å². The molecular weight excluding hydrogens is 611 g/mol. The second-order valence-corrected chi connectivity index (χ2v) is 23.4. The highest BCUT2D eigenvalue weighted by Crippen LogP contribution is 2.47. The zero-order valence-electron chi connectivity index (χ0n) is 27.2. The second-order valence-electron chi connectivity index (χ2n) is 14.9. The molecule has 230 valence electrons. The molecule has 3 heteroatoms. The van der Waals surface area contributed by atoms with Gasteiger partial charge in [-0.15, -0.1) is 0 Å². The largest absolute Gasteiger partial charge is 0.264 e. The smallest absolute Gasteiger partial charge is 0.119 e. The zero-order valence-corrected chi connectivity index (χ0v) is 29.2. The molecule has 2 fully saturated rings. The van der Waals surface area contributed by atoms with Crippen LogP contribution < -0.4 is 20.7 Å². The molecule has 5 heterocycles. The van der Waals surface area contributed by atoms with Crippen LogP contribution in [0.1, 0.15) is 25.7 Å². The van der Waals surface area contributed by atoms with E-state index in [1.54, 1.807) is 20.7 Å². The first-order valence-corrected chi connectivity index (χ1v) is 22.9. The van der Waals surface area contributed by atoms with E-state index >= 15 is 0 Å². The molecule has 0 atom stereocenters. The quantitative estimate of drug-likeness (QED) is 0.135. The van der Waals surface area contributed by atoms with Crippen molar-refractivity contribution in [3.63, 3.8) is 0 Å². The summed E-state index contributed by atoms with van der Waals surface area (Å²) in [6, 6.07) is 50.8. The monoisotopic (exact) mass is 647 g/mol. The van der Waals surface area contributed by atoms with E-state index in [0.717, 1.165) is 0 Å². The van der Waals surface area contributed by atoms with Gasteiger partial charge in [-0.3, -0.25) is 4.98 Å². The number of hydrogen-bond acceptors (Lipinski definition) is 1. The maximum atomic E-state index is 4.76. The van der Waals surface area contributed by atoms with Gasteiger partial charge in [-0.2, -0.15) is 0 Å². The summed E-state index contributed by atoms with van der Waals surface area (Å²) < 4.78 is 0. The van der Waals surface area contributed by atoms with Crippen LogP contribution in [0.5, 0.6) is 0 Å². The number of fused-ring (bicyclic) bond motifs is 12. The van der Waals surface area contributed by atoms with Gasteiger partial charge in [0.25, 0.3) is 0 Å². The van der Waals surface area contributed by atoms with E-state index < -0.39 is 16.1 Å². The highest BCUT2D eigenvalue weighted by atomic mass is 28.3. The fraction of sp³-hybridized carbons (Fsp3) is 0.178. The van der Waals surface area contributed by atoms with Crippen molar-refractivity contribution in [2.45, 2.75) is 49.9 Å². The molecule has 4 aliphatic rings. The van der Waals surface area contributed by atoms with Crippen LogP contribution in [0.3, 0.4) is 0 Å². The van der Waals surface area contributed by atoms with Crippen molar-refractivity contribution in [3.05, 3.63) is 128 Å². The van der Waals surface area contributed by atoms with E-state index in [4.69, 9.17) is 4.98 Å². The minimum Gasteiger partial charge on any atom is -0.264 e. The average molecular weight is 648 g/mol. The van der Waals surface area contributed by atoms with Crippen LogP contribution in [0.4, 0.5) is 0 Å². The molecule has 4 aliphatic heterocycles. The summed E-state index contributed by atoms with van der Waals surface area (Å²) in [6.07, 6.45) is 9.62. The van der Waals surface area contributed by atoms with Crippen LogP contribution in [-0.2, 0) is 0 Å². The van der Waals surface area contributed by atoms with Crippen LogP contribution in [-0.4, -0.2) is 21.1 Å². The maximum absolute atomic E-state index is 4.76. The molecule has 6 aromatic carbocycles. The number of aromatic nitrogens is 1. The number of hydrogen-bond donors (Lipinski definition) is 0. The SMILES string of the molecule is c1ccc2c(c1)-c1cc(-c3c4ccccc4c(-c4ccc5c(c4)-c4ccccc4[Si]54CCCC4)c4cnccc34)ccc1[Si]21CCCC1. The van der Waals surface area contributed by atoms with Crippen molar-refractivity contribution < 1.29 is 0 Å². The van der Waals surface area contributed by atoms with E-state index in [-0.39, 0.29) is 0 Å². The summed E-state index contributed by atoms with van der Waals surface area (Å²) in [4.78, 5) is 4.76. The summed E-state index contributed by atoms with van der Waals surface area (Å²) in [5.74, 6) is 0. The van der Waals surface area contributed by atoms with Crippen molar-refractivity contribution in [1.82, 2.24) is 4.98 Å². The third-order valence-electron chi connectivity index (χ3n) is 12.9. The Morgan fingerprint density at radius 2 is 0.833 bits per heavy atom. The number of rotatable bonds is 2. The highest BCUT2D eigenvalue weighted by Gasteiger charge is 2.48. The minimum atomic E-state index is -1.65. The first-order chi connectivity index (χ1) is 23.8. The molecule has 0 unspecified atom stereocenters. The molecule has 1 aromatic heterocycles. The Labute approximate surface area is 284 Å². The van der Waals surface area contributed by atoms with Crippen LogP contribution in [0.15, 0.2) is 128 Å². The topological polar surface area (TPSA) is 12.9 Å². The van der Waals surface area contributed by atoms with Crippen molar-refractivity contribution in [2.24, 2.45) is 0 Å². The molecule has 0 bridgehead atoms. The summed E-state index contributed by atoms with van der Waals surface area (Å²) >= 11 is 0. The van der Waals surface area contributed by atoms with Crippen LogP contribution >= 0.6 is 0 Å². The van der Waals surface area contributed by atoms with E-state index in [0.29, 0.717) is 0 Å². The van der Waals surface area contributed by atoms with E-state index in [9.17, 15) is 0 Å². The Morgan fingerprint density at radius 1 is 0.396 bits per heavy atom. The average Bonchev–Trinajstić information content (AvgIpc) is 3.95. The third-order valence-corrected chi connectivity index (χ3v) is 23.5. The summed E-state index contributed by atoms with van der Waals surface area (Å²) in [6.45, 7) is 0. The van der Waals surface area contributed by atoms with Crippen LogP contribution in [0, 0.1) is 0 Å². The van der Waals surface area contributed by atoms with Crippen molar-refractivity contribution in [1.29, 1.82) is 0 Å². The van der Waals surface area contributed by atoms with Gasteiger partial charge in [0.15, 0.2) is 0 Å². The van der Waals surface area contributed by atoms with Crippen molar-refractivity contribution in [2.75, 3.05) is 0 Å². The fourth-order valence-electron chi connectivity index (χ4n) is 10.9. The maximum Gasteiger partial charge on any atom is 0.119 e. The summed E-state index contributed by atoms with van der Waals surface area (Å²) in [7, 11) is -3.30. The van der Waals surface area contributed by atoms with Gasteiger partial charge in [-0.25, -0.2) is 0 Å². The normalized spacial score (nSPS) is 17.7. The molecular formula is C45H37NSi2. The summed E-state index contributed by atoms with van der Waals surface area (Å²) in [5, 5.41) is 11.9. The Bertz CT molecular complexity index is 2250. The molecule has 2 saturated heterocycles. The van der Waals surface area contributed by atoms with E-state index in [1.807, 2.05) is 6.20 Å². The predicted molar refractivity (Wildman–Crippen MR) is 209 cm³/mol. The minimum absolute atomic E-state index is 1.24. The zero-order chi connectivity index (χ0) is 31.5. The number of nitrogens with zero attached hydrogens (tertiary/aromatic N) is 1. The molecule has 1 nitrogen and oxygen atoms in total.